The topological polar surface area (TPSA) is 72.5 Å². The van der Waals surface area contributed by atoms with E-state index < -0.39 is 29.6 Å². The molecule has 22 heavy (non-hydrogen) atoms. The number of nitrogens with zero attached hydrogens (tertiary/aromatic N) is 2. The Labute approximate surface area is 123 Å². The number of hydrogen-bond donors (Lipinski definition) is 2. The van der Waals surface area contributed by atoms with Crippen molar-refractivity contribution in [2.45, 2.75) is 31.8 Å². The Balaban J connectivity index is 2.23. The number of aromatic nitrogens is 1. The van der Waals surface area contributed by atoms with Crippen molar-refractivity contribution >= 4 is 11.9 Å². The molecular weight excluding hydrogens is 304 g/mol. The van der Waals surface area contributed by atoms with Crippen LogP contribution in [0.3, 0.4) is 0 Å². The molecule has 1 unspecified atom stereocenters. The standard InChI is InChI=1S/C13H14F4N4O/c1-12(2,13(15,16)17)22-11-8(14)3-7(4-21-11)9-5-20-10(18)6-19-9/h3-6,10,20H,18H2,1-2H3. The summed E-state index contributed by atoms with van der Waals surface area (Å²) in [7, 11) is 0. The predicted molar refractivity (Wildman–Crippen MR) is 72.5 cm³/mol. The van der Waals surface area contributed by atoms with E-state index in [0.717, 1.165) is 19.9 Å². The van der Waals surface area contributed by atoms with Crippen LogP contribution in [0.15, 0.2) is 23.5 Å². The molecule has 1 atom stereocenters. The van der Waals surface area contributed by atoms with E-state index in [1.165, 1.54) is 18.6 Å². The van der Waals surface area contributed by atoms with Gasteiger partial charge in [-0.2, -0.15) is 13.2 Å². The fourth-order valence-electron chi connectivity index (χ4n) is 1.51. The lowest BCUT2D eigenvalue weighted by atomic mass is 10.1. The fraction of sp³-hybridized carbons (Fsp3) is 0.385. The van der Waals surface area contributed by atoms with Gasteiger partial charge in [0.15, 0.2) is 11.4 Å². The lowest BCUT2D eigenvalue weighted by molar-refractivity contribution is -0.235. The van der Waals surface area contributed by atoms with Crippen molar-refractivity contribution in [2.24, 2.45) is 10.7 Å². The molecule has 5 nitrogen and oxygen atoms in total. The number of rotatable bonds is 3. The Hall–Kier alpha value is -2.16. The third kappa shape index (κ3) is 3.35. The zero-order valence-corrected chi connectivity index (χ0v) is 11.8. The molecule has 1 aliphatic heterocycles. The van der Waals surface area contributed by atoms with Gasteiger partial charge in [0.1, 0.15) is 6.17 Å². The van der Waals surface area contributed by atoms with Crippen LogP contribution in [0.4, 0.5) is 17.6 Å². The van der Waals surface area contributed by atoms with Crippen LogP contribution in [0, 0.1) is 5.82 Å². The van der Waals surface area contributed by atoms with E-state index in [-0.39, 0.29) is 5.56 Å². The number of alkyl halides is 3. The number of halogens is 4. The maximum atomic E-state index is 13.9. The normalized spacial score (nSPS) is 18.7. The summed E-state index contributed by atoms with van der Waals surface area (Å²) >= 11 is 0. The summed E-state index contributed by atoms with van der Waals surface area (Å²) in [5.41, 5.74) is 3.60. The highest BCUT2D eigenvalue weighted by Gasteiger charge is 2.50. The highest BCUT2D eigenvalue weighted by atomic mass is 19.4. The van der Waals surface area contributed by atoms with Crippen LogP contribution in [0.25, 0.3) is 5.70 Å². The zero-order valence-electron chi connectivity index (χ0n) is 11.8. The van der Waals surface area contributed by atoms with Gasteiger partial charge < -0.3 is 15.8 Å². The molecule has 9 heteroatoms. The van der Waals surface area contributed by atoms with Gasteiger partial charge in [-0.05, 0) is 19.9 Å². The smallest absolute Gasteiger partial charge is 0.427 e. The van der Waals surface area contributed by atoms with Gasteiger partial charge in [-0.1, -0.05) is 0 Å². The van der Waals surface area contributed by atoms with Gasteiger partial charge in [-0.3, -0.25) is 4.99 Å². The summed E-state index contributed by atoms with van der Waals surface area (Å²) < 4.78 is 56.8. The average molecular weight is 318 g/mol. The number of nitrogens with one attached hydrogen (secondary N) is 1. The van der Waals surface area contributed by atoms with Crippen molar-refractivity contribution in [1.29, 1.82) is 0 Å². The Morgan fingerprint density at radius 2 is 2.00 bits per heavy atom. The molecule has 0 aliphatic carbocycles. The Morgan fingerprint density at radius 1 is 1.32 bits per heavy atom. The first-order valence-electron chi connectivity index (χ1n) is 6.28. The molecule has 0 amide bonds. The van der Waals surface area contributed by atoms with Gasteiger partial charge in [0.2, 0.25) is 0 Å². The molecule has 0 spiro atoms. The van der Waals surface area contributed by atoms with Gasteiger partial charge in [-0.15, -0.1) is 0 Å². The molecule has 1 aliphatic rings. The van der Waals surface area contributed by atoms with Crippen molar-refractivity contribution in [2.75, 3.05) is 0 Å². The Bertz CT molecular complexity index is 625. The van der Waals surface area contributed by atoms with Crippen molar-refractivity contribution in [1.82, 2.24) is 10.3 Å². The second kappa shape index (κ2) is 5.56. The van der Waals surface area contributed by atoms with Crippen LogP contribution < -0.4 is 15.8 Å². The Kier molecular flexibility index (Phi) is 4.10. The molecule has 0 aromatic carbocycles. The van der Waals surface area contributed by atoms with Crippen LogP contribution in [0.5, 0.6) is 5.88 Å². The van der Waals surface area contributed by atoms with Crippen LogP contribution in [0.1, 0.15) is 19.4 Å². The van der Waals surface area contributed by atoms with Gasteiger partial charge in [0.25, 0.3) is 5.88 Å². The minimum Gasteiger partial charge on any atom is -0.460 e. The number of hydrogen-bond acceptors (Lipinski definition) is 5. The lowest BCUT2D eigenvalue weighted by Crippen LogP contribution is -2.45. The second-order valence-corrected chi connectivity index (χ2v) is 5.12. The highest BCUT2D eigenvalue weighted by molar-refractivity contribution is 5.78. The summed E-state index contributed by atoms with van der Waals surface area (Å²) in [4.78, 5) is 7.59. The summed E-state index contributed by atoms with van der Waals surface area (Å²) in [6.07, 6.45) is -1.06. The van der Waals surface area contributed by atoms with E-state index in [1.54, 1.807) is 0 Å². The number of pyridine rings is 1. The predicted octanol–water partition coefficient (Wildman–Crippen LogP) is 2.20. The molecule has 0 fully saturated rings. The summed E-state index contributed by atoms with van der Waals surface area (Å²) in [6.45, 7) is 1.59. The molecule has 1 aromatic heterocycles. The molecule has 120 valence electrons. The monoisotopic (exact) mass is 318 g/mol. The third-order valence-electron chi connectivity index (χ3n) is 2.92. The van der Waals surface area contributed by atoms with Crippen molar-refractivity contribution in [3.8, 4) is 5.88 Å². The molecule has 2 rings (SSSR count). The van der Waals surface area contributed by atoms with E-state index in [0.29, 0.717) is 5.70 Å². The molecule has 0 bridgehead atoms. The molecular formula is C13H14F4N4O. The van der Waals surface area contributed by atoms with Crippen LogP contribution in [0.2, 0.25) is 0 Å². The van der Waals surface area contributed by atoms with Crippen LogP contribution in [-0.4, -0.2) is 29.1 Å². The van der Waals surface area contributed by atoms with Crippen LogP contribution in [-0.2, 0) is 0 Å². The maximum absolute atomic E-state index is 13.9. The van der Waals surface area contributed by atoms with Crippen molar-refractivity contribution in [3.63, 3.8) is 0 Å². The van der Waals surface area contributed by atoms with E-state index in [9.17, 15) is 17.6 Å². The van der Waals surface area contributed by atoms with Gasteiger partial charge in [0.05, 0.1) is 5.70 Å². The van der Waals surface area contributed by atoms with Gasteiger partial charge in [-0.25, -0.2) is 9.37 Å². The first-order chi connectivity index (χ1) is 10.1. The van der Waals surface area contributed by atoms with E-state index in [2.05, 4.69) is 20.0 Å². The fourth-order valence-corrected chi connectivity index (χ4v) is 1.51. The maximum Gasteiger partial charge on any atom is 0.427 e. The van der Waals surface area contributed by atoms with Gasteiger partial charge >= 0.3 is 6.18 Å². The zero-order chi connectivity index (χ0) is 16.5. The molecule has 0 radical (unpaired) electrons. The quantitative estimate of drug-likeness (QED) is 0.838. The lowest BCUT2D eigenvalue weighted by Gasteiger charge is -2.28. The molecule has 0 saturated heterocycles. The average Bonchev–Trinajstić information content (AvgIpc) is 2.40. The van der Waals surface area contributed by atoms with Crippen molar-refractivity contribution in [3.05, 3.63) is 29.8 Å². The third-order valence-corrected chi connectivity index (χ3v) is 2.92. The van der Waals surface area contributed by atoms with E-state index >= 15 is 0 Å². The van der Waals surface area contributed by atoms with E-state index in [1.807, 2.05) is 0 Å². The highest BCUT2D eigenvalue weighted by Crippen LogP contribution is 2.34. The molecule has 0 saturated carbocycles. The number of nitrogens with two attached hydrogens (primary N) is 1. The molecule has 3 N–H and O–H groups in total. The van der Waals surface area contributed by atoms with E-state index in [4.69, 9.17) is 5.73 Å². The Morgan fingerprint density at radius 3 is 2.50 bits per heavy atom. The SMILES string of the molecule is CC(C)(Oc1ncc(C2=CNC(N)C=N2)cc1F)C(F)(F)F. The summed E-state index contributed by atoms with van der Waals surface area (Å²) in [5.74, 6) is -1.74. The molecule has 1 aromatic rings. The first kappa shape index (κ1) is 16.2. The summed E-state index contributed by atoms with van der Waals surface area (Å²) in [5, 5.41) is 2.76. The number of aliphatic imine (C=N–C) groups is 1. The summed E-state index contributed by atoms with van der Waals surface area (Å²) in [6, 6.07) is 0.997. The number of ether oxygens (including phenoxy) is 1. The minimum atomic E-state index is -4.66. The van der Waals surface area contributed by atoms with Crippen molar-refractivity contribution < 1.29 is 22.3 Å². The van der Waals surface area contributed by atoms with Gasteiger partial charge in [0, 0.05) is 24.2 Å². The minimum absolute atomic E-state index is 0.283. The first-order valence-corrected chi connectivity index (χ1v) is 6.28. The molecule has 2 heterocycles. The second-order valence-electron chi connectivity index (χ2n) is 5.12. The largest absolute Gasteiger partial charge is 0.460 e. The van der Waals surface area contributed by atoms with Crippen LogP contribution >= 0.6 is 0 Å².